The normalized spacial score (nSPS) is 10.2. The Bertz CT molecular complexity index is 733. The van der Waals surface area contributed by atoms with E-state index in [1.807, 2.05) is 0 Å². The number of halogens is 1. The molecule has 7 nitrogen and oxygen atoms in total. The van der Waals surface area contributed by atoms with Crippen molar-refractivity contribution in [3.8, 4) is 5.75 Å². The van der Waals surface area contributed by atoms with Crippen LogP contribution in [-0.4, -0.2) is 20.9 Å². The van der Waals surface area contributed by atoms with Gasteiger partial charge in [-0.3, -0.25) is 14.9 Å². The van der Waals surface area contributed by atoms with Crippen molar-refractivity contribution in [3.63, 3.8) is 0 Å². The third-order valence-electron chi connectivity index (χ3n) is 2.82. The summed E-state index contributed by atoms with van der Waals surface area (Å²) in [4.78, 5) is 26.1. The number of hydrogen-bond donors (Lipinski definition) is 2. The predicted octanol–water partition coefficient (Wildman–Crippen LogP) is 2.91. The van der Waals surface area contributed by atoms with Crippen LogP contribution in [0.3, 0.4) is 0 Å². The molecule has 2 N–H and O–H groups in total. The van der Waals surface area contributed by atoms with Crippen molar-refractivity contribution >= 4 is 29.0 Å². The van der Waals surface area contributed by atoms with Gasteiger partial charge < -0.3 is 10.4 Å². The van der Waals surface area contributed by atoms with E-state index in [0.29, 0.717) is 5.56 Å². The van der Waals surface area contributed by atoms with Crippen LogP contribution in [0.2, 0.25) is 5.15 Å². The van der Waals surface area contributed by atoms with Gasteiger partial charge in [-0.05, 0) is 25.1 Å². The number of aromatic nitrogens is 1. The lowest BCUT2D eigenvalue weighted by Crippen LogP contribution is -2.15. The van der Waals surface area contributed by atoms with Gasteiger partial charge in [0.05, 0.1) is 4.92 Å². The number of amides is 1. The summed E-state index contributed by atoms with van der Waals surface area (Å²) in [5, 5.41) is 22.8. The molecule has 0 saturated heterocycles. The number of anilines is 1. The molecule has 1 heterocycles. The SMILES string of the molecule is Cc1c(O)cccc1C(=O)Nc1nc(Cl)ccc1[N+](=O)[O-]. The number of rotatable bonds is 3. The van der Waals surface area contributed by atoms with Crippen LogP contribution in [0.15, 0.2) is 30.3 Å². The van der Waals surface area contributed by atoms with Crippen LogP contribution in [-0.2, 0) is 0 Å². The molecule has 21 heavy (non-hydrogen) atoms. The second-order valence-electron chi connectivity index (χ2n) is 4.16. The molecular formula is C13H10ClN3O4. The van der Waals surface area contributed by atoms with Gasteiger partial charge in [-0.25, -0.2) is 4.98 Å². The number of phenols is 1. The molecule has 0 saturated carbocycles. The molecule has 0 radical (unpaired) electrons. The summed E-state index contributed by atoms with van der Waals surface area (Å²) in [6.07, 6.45) is 0. The van der Waals surface area contributed by atoms with Crippen LogP contribution in [0, 0.1) is 17.0 Å². The van der Waals surface area contributed by atoms with E-state index in [1.165, 1.54) is 24.3 Å². The molecule has 8 heteroatoms. The number of carbonyl (C=O) groups is 1. The highest BCUT2D eigenvalue weighted by molar-refractivity contribution is 6.29. The molecule has 0 aliphatic carbocycles. The molecule has 2 rings (SSSR count). The molecule has 108 valence electrons. The summed E-state index contributed by atoms with van der Waals surface area (Å²) >= 11 is 5.68. The Morgan fingerprint density at radius 2 is 2.10 bits per heavy atom. The van der Waals surface area contributed by atoms with E-state index in [1.54, 1.807) is 6.92 Å². The van der Waals surface area contributed by atoms with Crippen LogP contribution in [0.4, 0.5) is 11.5 Å². The smallest absolute Gasteiger partial charge is 0.311 e. The van der Waals surface area contributed by atoms with Gasteiger partial charge in [0, 0.05) is 17.2 Å². The number of nitrogens with zero attached hydrogens (tertiary/aromatic N) is 2. The lowest BCUT2D eigenvalue weighted by Gasteiger charge is -2.08. The molecule has 0 aliphatic rings. The summed E-state index contributed by atoms with van der Waals surface area (Å²) in [7, 11) is 0. The van der Waals surface area contributed by atoms with E-state index in [2.05, 4.69) is 10.3 Å². The second kappa shape index (κ2) is 5.76. The zero-order valence-corrected chi connectivity index (χ0v) is 11.6. The third kappa shape index (κ3) is 3.09. The zero-order valence-electron chi connectivity index (χ0n) is 10.8. The summed E-state index contributed by atoms with van der Waals surface area (Å²) in [6, 6.07) is 6.83. The molecule has 0 unspecified atom stereocenters. The Hall–Kier alpha value is -2.67. The van der Waals surface area contributed by atoms with Gasteiger partial charge in [-0.2, -0.15) is 0 Å². The highest BCUT2D eigenvalue weighted by Gasteiger charge is 2.20. The minimum Gasteiger partial charge on any atom is -0.508 e. The van der Waals surface area contributed by atoms with Crippen molar-refractivity contribution in [1.82, 2.24) is 4.98 Å². The Kier molecular flexibility index (Phi) is 4.04. The Morgan fingerprint density at radius 1 is 1.38 bits per heavy atom. The first-order valence-electron chi connectivity index (χ1n) is 5.81. The predicted molar refractivity (Wildman–Crippen MR) is 76.7 cm³/mol. The number of pyridine rings is 1. The summed E-state index contributed by atoms with van der Waals surface area (Å²) < 4.78 is 0. The number of carbonyl (C=O) groups excluding carboxylic acids is 1. The lowest BCUT2D eigenvalue weighted by molar-refractivity contribution is -0.384. The van der Waals surface area contributed by atoms with Crippen molar-refractivity contribution in [1.29, 1.82) is 0 Å². The van der Waals surface area contributed by atoms with Crippen molar-refractivity contribution < 1.29 is 14.8 Å². The molecule has 0 bridgehead atoms. The first-order chi connectivity index (χ1) is 9.90. The van der Waals surface area contributed by atoms with Crippen LogP contribution in [0.25, 0.3) is 0 Å². The van der Waals surface area contributed by atoms with Gasteiger partial charge in [0.15, 0.2) is 0 Å². The number of phenolic OH excluding ortho intramolecular Hbond substituents is 1. The van der Waals surface area contributed by atoms with E-state index in [-0.39, 0.29) is 28.0 Å². The summed E-state index contributed by atoms with van der Waals surface area (Å²) in [5.74, 6) is -0.919. The molecule has 0 aliphatic heterocycles. The van der Waals surface area contributed by atoms with Crippen LogP contribution >= 0.6 is 11.6 Å². The number of nitrogens with one attached hydrogen (secondary N) is 1. The molecule has 1 aromatic carbocycles. The van der Waals surface area contributed by atoms with Gasteiger partial charge in [0.1, 0.15) is 10.9 Å². The van der Waals surface area contributed by atoms with Crippen molar-refractivity contribution in [2.24, 2.45) is 0 Å². The van der Waals surface area contributed by atoms with Gasteiger partial charge >= 0.3 is 5.69 Å². The van der Waals surface area contributed by atoms with Gasteiger partial charge in [-0.1, -0.05) is 17.7 Å². The van der Waals surface area contributed by atoms with Crippen LogP contribution < -0.4 is 5.32 Å². The van der Waals surface area contributed by atoms with Gasteiger partial charge in [-0.15, -0.1) is 0 Å². The van der Waals surface area contributed by atoms with Gasteiger partial charge in [0.2, 0.25) is 5.82 Å². The van der Waals surface area contributed by atoms with E-state index in [9.17, 15) is 20.0 Å². The van der Waals surface area contributed by atoms with E-state index >= 15 is 0 Å². The number of nitro groups is 1. The maximum atomic E-state index is 12.1. The fourth-order valence-electron chi connectivity index (χ4n) is 1.71. The first kappa shape index (κ1) is 14.7. The minimum absolute atomic E-state index is 0.0172. The molecular weight excluding hydrogens is 298 g/mol. The second-order valence-corrected chi connectivity index (χ2v) is 4.55. The zero-order chi connectivity index (χ0) is 15.6. The highest BCUT2D eigenvalue weighted by Crippen LogP contribution is 2.26. The largest absolute Gasteiger partial charge is 0.508 e. The fraction of sp³-hybridized carbons (Fsp3) is 0.0769. The molecule has 2 aromatic rings. The first-order valence-corrected chi connectivity index (χ1v) is 6.19. The topological polar surface area (TPSA) is 105 Å². The number of benzene rings is 1. The molecule has 0 atom stereocenters. The third-order valence-corrected chi connectivity index (χ3v) is 3.03. The monoisotopic (exact) mass is 307 g/mol. The maximum Gasteiger partial charge on any atom is 0.311 e. The summed E-state index contributed by atoms with van der Waals surface area (Å²) in [6.45, 7) is 1.56. The van der Waals surface area contributed by atoms with Crippen molar-refractivity contribution in [2.45, 2.75) is 6.92 Å². The Labute approximate surface area is 124 Å². The Balaban J connectivity index is 2.38. The summed E-state index contributed by atoms with van der Waals surface area (Å²) in [5.41, 5.74) is 0.177. The average Bonchev–Trinajstić information content (AvgIpc) is 2.41. The van der Waals surface area contributed by atoms with E-state index in [0.717, 1.165) is 6.07 Å². The lowest BCUT2D eigenvalue weighted by atomic mass is 10.1. The highest BCUT2D eigenvalue weighted by atomic mass is 35.5. The minimum atomic E-state index is -0.672. The molecule has 1 aromatic heterocycles. The van der Waals surface area contributed by atoms with E-state index < -0.39 is 10.8 Å². The fourth-order valence-corrected chi connectivity index (χ4v) is 1.86. The van der Waals surface area contributed by atoms with Crippen molar-refractivity contribution in [2.75, 3.05) is 5.32 Å². The van der Waals surface area contributed by atoms with E-state index in [4.69, 9.17) is 11.6 Å². The van der Waals surface area contributed by atoms with Crippen molar-refractivity contribution in [3.05, 3.63) is 56.7 Å². The standard InChI is InChI=1S/C13H10ClN3O4/c1-7-8(3-2-4-10(7)18)13(19)16-12-9(17(20)21)5-6-11(14)15-12/h2-6,18H,1H3,(H,15,16,19). The number of aromatic hydroxyl groups is 1. The molecule has 0 spiro atoms. The van der Waals surface area contributed by atoms with Gasteiger partial charge in [0.25, 0.3) is 5.91 Å². The maximum absolute atomic E-state index is 12.1. The quantitative estimate of drug-likeness (QED) is 0.515. The molecule has 1 amide bonds. The average molecular weight is 308 g/mol. The molecule has 0 fully saturated rings. The van der Waals surface area contributed by atoms with Crippen LogP contribution in [0.5, 0.6) is 5.75 Å². The van der Waals surface area contributed by atoms with Crippen LogP contribution in [0.1, 0.15) is 15.9 Å². The Morgan fingerprint density at radius 3 is 2.76 bits per heavy atom. The number of hydrogen-bond acceptors (Lipinski definition) is 5.